The molecule has 3 aromatic rings. The molecule has 0 fully saturated rings. The number of ether oxygens (including phenoxy) is 1. The molecule has 116 valence electrons. The van der Waals surface area contributed by atoms with Gasteiger partial charge in [-0.3, -0.25) is 4.98 Å². The highest BCUT2D eigenvalue weighted by atomic mass is 79.9. The quantitative estimate of drug-likeness (QED) is 0.645. The van der Waals surface area contributed by atoms with Gasteiger partial charge in [0.2, 0.25) is 0 Å². The molecule has 0 aliphatic carbocycles. The van der Waals surface area contributed by atoms with Gasteiger partial charge in [-0.05, 0) is 39.2 Å². The minimum atomic E-state index is -0.373. The minimum absolute atomic E-state index is 0.373. The van der Waals surface area contributed by atoms with Gasteiger partial charge in [-0.15, -0.1) is 0 Å². The maximum absolute atomic E-state index is 12.3. The van der Waals surface area contributed by atoms with Crippen LogP contribution in [0.15, 0.2) is 59.5 Å². The number of esters is 1. The summed E-state index contributed by atoms with van der Waals surface area (Å²) >= 11 is 3.62. The molecule has 0 amide bonds. The molecule has 1 aromatic carbocycles. The molecule has 0 saturated carbocycles. The number of carbonyl (C=O) groups is 1. The maximum atomic E-state index is 12.3. The molecule has 2 aromatic heterocycles. The number of carbonyl (C=O) groups excluding carboxylic acids is 1. The number of benzene rings is 1. The Labute approximate surface area is 142 Å². The van der Waals surface area contributed by atoms with Crippen LogP contribution in [0.25, 0.3) is 22.3 Å². The number of nitrogens with zero attached hydrogens (tertiary/aromatic N) is 2. The van der Waals surface area contributed by atoms with Crippen molar-refractivity contribution < 1.29 is 9.53 Å². The predicted octanol–water partition coefficient (Wildman–Crippen LogP) is 4.30. The Bertz CT molecular complexity index is 842. The van der Waals surface area contributed by atoms with Crippen molar-refractivity contribution in [1.29, 1.82) is 0 Å². The van der Waals surface area contributed by atoms with Crippen LogP contribution in [-0.4, -0.2) is 22.6 Å². The van der Waals surface area contributed by atoms with Gasteiger partial charge in [0, 0.05) is 30.6 Å². The van der Waals surface area contributed by atoms with E-state index in [4.69, 9.17) is 4.74 Å². The first-order chi connectivity index (χ1) is 11.1. The van der Waals surface area contributed by atoms with Gasteiger partial charge >= 0.3 is 5.97 Å². The molecule has 0 radical (unpaired) electrons. The average molecular weight is 371 g/mol. The van der Waals surface area contributed by atoms with E-state index in [0.717, 1.165) is 26.9 Å². The molecular weight excluding hydrogens is 356 g/mol. The second-order valence-corrected chi connectivity index (χ2v) is 5.79. The Morgan fingerprint density at radius 2 is 1.65 bits per heavy atom. The second-order valence-electron chi connectivity index (χ2n) is 5.04. The molecule has 0 N–H and O–H groups in total. The number of halogens is 1. The van der Waals surface area contributed by atoms with Crippen LogP contribution in [0, 0.1) is 0 Å². The van der Waals surface area contributed by atoms with Crippen molar-refractivity contribution in [2.75, 3.05) is 7.11 Å². The van der Waals surface area contributed by atoms with Gasteiger partial charge in [-0.25, -0.2) is 4.79 Å². The lowest BCUT2D eigenvalue weighted by atomic mass is 9.97. The second kappa shape index (κ2) is 6.38. The van der Waals surface area contributed by atoms with Gasteiger partial charge in [-0.1, -0.05) is 30.3 Å². The van der Waals surface area contributed by atoms with E-state index < -0.39 is 0 Å². The highest BCUT2D eigenvalue weighted by molar-refractivity contribution is 9.10. The molecule has 0 atom stereocenters. The van der Waals surface area contributed by atoms with E-state index in [0.29, 0.717) is 5.69 Å². The number of aromatic nitrogens is 2. The topological polar surface area (TPSA) is 44.1 Å². The fourth-order valence-electron chi connectivity index (χ4n) is 2.66. The van der Waals surface area contributed by atoms with E-state index in [-0.39, 0.29) is 5.97 Å². The van der Waals surface area contributed by atoms with Crippen molar-refractivity contribution in [3.8, 4) is 22.3 Å². The lowest BCUT2D eigenvalue weighted by Crippen LogP contribution is -2.09. The van der Waals surface area contributed by atoms with Crippen LogP contribution in [0.4, 0.5) is 0 Å². The van der Waals surface area contributed by atoms with Crippen LogP contribution in [0.3, 0.4) is 0 Å². The summed E-state index contributed by atoms with van der Waals surface area (Å²) in [4.78, 5) is 16.4. The Morgan fingerprint density at radius 1 is 1.04 bits per heavy atom. The fraction of sp³-hybridized carbons (Fsp3) is 0.111. The summed E-state index contributed by atoms with van der Waals surface area (Å²) in [6.07, 6.45) is 3.43. The first-order valence-corrected chi connectivity index (χ1v) is 7.86. The first kappa shape index (κ1) is 15.5. The monoisotopic (exact) mass is 370 g/mol. The number of hydrogen-bond acceptors (Lipinski definition) is 3. The summed E-state index contributed by atoms with van der Waals surface area (Å²) in [5.41, 5.74) is 4.24. The number of pyridine rings is 1. The third kappa shape index (κ3) is 2.68. The van der Waals surface area contributed by atoms with Crippen molar-refractivity contribution in [3.05, 3.63) is 65.2 Å². The van der Waals surface area contributed by atoms with Gasteiger partial charge in [0.05, 0.1) is 11.7 Å². The first-order valence-electron chi connectivity index (χ1n) is 7.07. The van der Waals surface area contributed by atoms with E-state index in [1.165, 1.54) is 7.11 Å². The lowest BCUT2D eigenvalue weighted by Gasteiger charge is -2.08. The summed E-state index contributed by atoms with van der Waals surface area (Å²) in [6.45, 7) is 0. The summed E-state index contributed by atoms with van der Waals surface area (Å²) < 4.78 is 7.63. The van der Waals surface area contributed by atoms with Crippen LogP contribution >= 0.6 is 15.9 Å². The van der Waals surface area contributed by atoms with E-state index in [1.54, 1.807) is 12.4 Å². The van der Waals surface area contributed by atoms with E-state index in [2.05, 4.69) is 20.9 Å². The van der Waals surface area contributed by atoms with Gasteiger partial charge in [0.15, 0.2) is 0 Å². The number of rotatable bonds is 3. The number of methoxy groups -OCH3 is 1. The highest BCUT2D eigenvalue weighted by Crippen LogP contribution is 2.42. The van der Waals surface area contributed by atoms with E-state index in [1.807, 2.05) is 54.1 Å². The Morgan fingerprint density at radius 3 is 2.26 bits per heavy atom. The van der Waals surface area contributed by atoms with Gasteiger partial charge in [0.1, 0.15) is 5.69 Å². The molecule has 2 heterocycles. The zero-order valence-corrected chi connectivity index (χ0v) is 14.4. The Kier molecular flexibility index (Phi) is 4.30. The Hall–Kier alpha value is -2.40. The van der Waals surface area contributed by atoms with Crippen LogP contribution in [-0.2, 0) is 11.8 Å². The summed E-state index contributed by atoms with van der Waals surface area (Å²) in [7, 11) is 3.23. The van der Waals surface area contributed by atoms with Crippen LogP contribution in [0.5, 0.6) is 0 Å². The molecule has 5 heteroatoms. The molecule has 0 aliphatic heterocycles. The third-order valence-corrected chi connectivity index (χ3v) is 4.66. The highest BCUT2D eigenvalue weighted by Gasteiger charge is 2.26. The average Bonchev–Trinajstić information content (AvgIpc) is 2.87. The minimum Gasteiger partial charge on any atom is -0.464 e. The van der Waals surface area contributed by atoms with Gasteiger partial charge in [-0.2, -0.15) is 0 Å². The van der Waals surface area contributed by atoms with Crippen LogP contribution < -0.4 is 0 Å². The van der Waals surface area contributed by atoms with E-state index >= 15 is 0 Å². The van der Waals surface area contributed by atoms with Crippen molar-refractivity contribution in [2.24, 2.45) is 7.05 Å². The molecule has 4 nitrogen and oxygen atoms in total. The van der Waals surface area contributed by atoms with Gasteiger partial charge < -0.3 is 9.30 Å². The third-order valence-electron chi connectivity index (χ3n) is 3.73. The molecule has 0 unspecified atom stereocenters. The largest absolute Gasteiger partial charge is 0.464 e. The molecular formula is C18H15BrN2O2. The molecule has 3 rings (SSSR count). The zero-order valence-electron chi connectivity index (χ0n) is 12.8. The Balaban J connectivity index is 2.38. The summed E-state index contributed by atoms with van der Waals surface area (Å²) in [6, 6.07) is 13.7. The van der Waals surface area contributed by atoms with Gasteiger partial charge in [0.25, 0.3) is 0 Å². The summed E-state index contributed by atoms with van der Waals surface area (Å²) in [5.74, 6) is -0.373. The van der Waals surface area contributed by atoms with Crippen molar-refractivity contribution in [2.45, 2.75) is 0 Å². The zero-order chi connectivity index (χ0) is 16.4. The van der Waals surface area contributed by atoms with E-state index in [9.17, 15) is 4.79 Å². The smallest absolute Gasteiger partial charge is 0.355 e. The lowest BCUT2D eigenvalue weighted by molar-refractivity contribution is 0.0590. The van der Waals surface area contributed by atoms with Crippen LogP contribution in [0.1, 0.15) is 10.5 Å². The molecule has 0 bridgehead atoms. The maximum Gasteiger partial charge on any atom is 0.355 e. The summed E-state index contributed by atoms with van der Waals surface area (Å²) in [5, 5.41) is 0. The fourth-order valence-corrected chi connectivity index (χ4v) is 3.26. The van der Waals surface area contributed by atoms with Crippen molar-refractivity contribution in [1.82, 2.24) is 9.55 Å². The molecule has 0 aliphatic rings. The molecule has 23 heavy (non-hydrogen) atoms. The van der Waals surface area contributed by atoms with Crippen LogP contribution in [0.2, 0.25) is 0 Å². The van der Waals surface area contributed by atoms with Crippen molar-refractivity contribution in [3.63, 3.8) is 0 Å². The molecule has 0 spiro atoms. The predicted molar refractivity (Wildman–Crippen MR) is 93.1 cm³/mol. The SMILES string of the molecule is COC(=O)c1c(-c2ccncc2)c(-c2ccccc2)c(Br)n1C. The molecule has 0 saturated heterocycles. The van der Waals surface area contributed by atoms with Crippen molar-refractivity contribution >= 4 is 21.9 Å². The normalized spacial score (nSPS) is 10.6. The number of hydrogen-bond donors (Lipinski definition) is 0. The standard InChI is InChI=1S/C18H15BrN2O2/c1-21-16(18(22)23-2)14(13-8-10-20-11-9-13)15(17(21)19)12-6-4-3-5-7-12/h3-11H,1-2H3.